The molecule has 0 bridgehead atoms. The molecule has 5 aromatic heterocycles. The molecule has 7 nitrogen and oxygen atoms in total. The van der Waals surface area contributed by atoms with Gasteiger partial charge in [-0.2, -0.15) is 0 Å². The second-order valence-electron chi connectivity index (χ2n) is 9.01. The number of halogens is 1. The molecule has 5 heterocycles. The number of rotatable bonds is 6. The van der Waals surface area contributed by atoms with Gasteiger partial charge in [-0.15, -0.1) is 28.7 Å². The molecule has 0 aromatic carbocycles. The molecule has 0 fully saturated rings. The molecule has 0 aliphatic carbocycles. The summed E-state index contributed by atoms with van der Waals surface area (Å²) in [4.78, 5) is 29.3. The maximum absolute atomic E-state index is 13.8. The van der Waals surface area contributed by atoms with Crippen molar-refractivity contribution < 1.29 is 70.4 Å². The van der Waals surface area contributed by atoms with Crippen LogP contribution >= 0.6 is 23.1 Å². The number of ether oxygens (including phenoxy) is 1. The van der Waals surface area contributed by atoms with Crippen LogP contribution < -0.4 is 56.5 Å². The Balaban J connectivity index is 0.000000250. The molecule has 0 aliphatic rings. The van der Waals surface area contributed by atoms with Gasteiger partial charge in [0.2, 0.25) is 0 Å². The van der Waals surface area contributed by atoms with Crippen molar-refractivity contribution in [2.24, 2.45) is 0 Å². The van der Waals surface area contributed by atoms with Gasteiger partial charge in [0.05, 0.1) is 23.2 Å². The molecular formula is C29H30FKN4O3S2. The second-order valence-corrected chi connectivity index (χ2v) is 11.1. The van der Waals surface area contributed by atoms with E-state index in [1.807, 2.05) is 24.5 Å². The maximum Gasteiger partial charge on any atom is 1.00 e. The van der Waals surface area contributed by atoms with Gasteiger partial charge < -0.3 is 9.84 Å². The Hall–Kier alpha value is -1.83. The number of hydrogen-bond acceptors (Lipinski definition) is 9. The van der Waals surface area contributed by atoms with Crippen LogP contribution in [0.2, 0.25) is 0 Å². The fraction of sp³-hybridized carbons (Fsp3) is 0.276. The number of thioether (sulfide) groups is 1. The van der Waals surface area contributed by atoms with Gasteiger partial charge in [0.1, 0.15) is 21.4 Å². The standard InChI is InChI=1S/C15H15FN2O2S.C10H6N2S.C4H9O.K/c1-2-20-13(19)7-10-21-15-11(5-3-9-18-15)14-12(16)6-4-8-17-14;1-3-7-9-8(4-2-5-11-9)13-10(7)12-6-1;1-4(2,3)5;/h3-6,8-9H,2,7,10H2,1H3;1-6H;1-3H3;/q;;-1;+1. The Kier molecular flexibility index (Phi) is 14.8. The summed E-state index contributed by atoms with van der Waals surface area (Å²) in [7, 11) is 0. The smallest absolute Gasteiger partial charge is 0.850 e. The molecule has 0 aliphatic heterocycles. The van der Waals surface area contributed by atoms with E-state index in [9.17, 15) is 14.3 Å². The van der Waals surface area contributed by atoms with Crippen molar-refractivity contribution in [3.8, 4) is 11.3 Å². The van der Waals surface area contributed by atoms with Crippen LogP contribution in [0, 0.1) is 5.82 Å². The first-order chi connectivity index (χ1) is 18.7. The number of carbonyl (C=O) groups is 1. The summed E-state index contributed by atoms with van der Waals surface area (Å²) in [6.07, 6.45) is 7.11. The molecule has 204 valence electrons. The number of fused-ring (bicyclic) bond motifs is 3. The molecule has 11 heteroatoms. The molecule has 5 rings (SSSR count). The van der Waals surface area contributed by atoms with Crippen LogP contribution in [0.1, 0.15) is 34.1 Å². The number of hydrogen-bond donors (Lipinski definition) is 0. The third-order valence-electron chi connectivity index (χ3n) is 4.64. The van der Waals surface area contributed by atoms with Gasteiger partial charge in [-0.1, -0.05) is 20.8 Å². The van der Waals surface area contributed by atoms with Crippen LogP contribution in [0.25, 0.3) is 31.7 Å². The summed E-state index contributed by atoms with van der Waals surface area (Å²) in [6.45, 7) is 7.04. The van der Waals surface area contributed by atoms with Crippen LogP contribution in [-0.2, 0) is 9.53 Å². The number of nitrogens with zero attached hydrogens (tertiary/aromatic N) is 4. The zero-order valence-corrected chi connectivity index (χ0v) is 28.0. The van der Waals surface area contributed by atoms with E-state index in [1.54, 1.807) is 69.6 Å². The molecule has 0 radical (unpaired) electrons. The van der Waals surface area contributed by atoms with Gasteiger partial charge in [-0.25, -0.2) is 14.4 Å². The monoisotopic (exact) mass is 604 g/mol. The van der Waals surface area contributed by atoms with E-state index in [0.717, 1.165) is 15.7 Å². The molecule has 0 saturated heterocycles. The summed E-state index contributed by atoms with van der Waals surface area (Å²) in [5.41, 5.74) is 1.21. The molecule has 0 atom stereocenters. The van der Waals surface area contributed by atoms with Gasteiger partial charge in [0.25, 0.3) is 0 Å². The molecule has 0 amide bonds. The fourth-order valence-electron chi connectivity index (χ4n) is 3.17. The van der Waals surface area contributed by atoms with Crippen molar-refractivity contribution in [1.29, 1.82) is 0 Å². The minimum absolute atomic E-state index is 0. The molecule has 0 N–H and O–H groups in total. The Morgan fingerprint density at radius 1 is 0.975 bits per heavy atom. The van der Waals surface area contributed by atoms with E-state index < -0.39 is 11.4 Å². The summed E-state index contributed by atoms with van der Waals surface area (Å²) in [5, 5.41) is 11.9. The quantitative estimate of drug-likeness (QED) is 0.165. The van der Waals surface area contributed by atoms with Crippen molar-refractivity contribution in [2.45, 2.75) is 44.7 Å². The Morgan fingerprint density at radius 2 is 1.60 bits per heavy atom. The van der Waals surface area contributed by atoms with Crippen LogP contribution in [0.4, 0.5) is 4.39 Å². The van der Waals surface area contributed by atoms with Crippen LogP contribution in [0.15, 0.2) is 78.3 Å². The first-order valence-corrected chi connectivity index (χ1v) is 14.1. The summed E-state index contributed by atoms with van der Waals surface area (Å²) >= 11 is 3.07. The molecule has 0 saturated carbocycles. The second kappa shape index (κ2) is 17.2. The molecule has 0 spiro atoms. The average Bonchev–Trinajstić information content (AvgIpc) is 3.28. The van der Waals surface area contributed by atoms with Crippen molar-refractivity contribution in [2.75, 3.05) is 12.4 Å². The van der Waals surface area contributed by atoms with Crippen molar-refractivity contribution >= 4 is 49.5 Å². The predicted molar refractivity (Wildman–Crippen MR) is 154 cm³/mol. The van der Waals surface area contributed by atoms with Crippen molar-refractivity contribution in [1.82, 2.24) is 19.9 Å². The number of carbonyl (C=O) groups excluding carboxylic acids is 1. The third-order valence-corrected chi connectivity index (χ3v) is 6.71. The summed E-state index contributed by atoms with van der Waals surface area (Å²) < 4.78 is 19.9. The topological polar surface area (TPSA) is 101 Å². The van der Waals surface area contributed by atoms with Crippen molar-refractivity contribution in [3.63, 3.8) is 0 Å². The van der Waals surface area contributed by atoms with Gasteiger partial charge >= 0.3 is 57.4 Å². The average molecular weight is 605 g/mol. The normalized spacial score (nSPS) is 10.6. The molecule has 0 unspecified atom stereocenters. The number of pyridine rings is 4. The van der Waals surface area contributed by atoms with Crippen molar-refractivity contribution in [3.05, 3.63) is 79.1 Å². The first-order valence-electron chi connectivity index (χ1n) is 12.3. The Bertz CT molecular complexity index is 1460. The van der Waals surface area contributed by atoms with E-state index in [-0.39, 0.29) is 63.0 Å². The first kappa shape index (κ1) is 34.4. The predicted octanol–water partition coefficient (Wildman–Crippen LogP) is 3.32. The van der Waals surface area contributed by atoms with Crippen LogP contribution in [0.3, 0.4) is 0 Å². The number of thiophene rings is 1. The van der Waals surface area contributed by atoms with E-state index >= 15 is 0 Å². The Morgan fingerprint density at radius 3 is 2.33 bits per heavy atom. The summed E-state index contributed by atoms with van der Waals surface area (Å²) in [6, 6.07) is 14.5. The third kappa shape index (κ3) is 11.2. The maximum atomic E-state index is 13.8. The minimum Gasteiger partial charge on any atom is -0.850 e. The van der Waals surface area contributed by atoms with E-state index in [0.29, 0.717) is 29.4 Å². The van der Waals surface area contributed by atoms with Crippen LogP contribution in [-0.4, -0.2) is 43.9 Å². The van der Waals surface area contributed by atoms with E-state index in [1.165, 1.54) is 22.5 Å². The number of aromatic nitrogens is 4. The zero-order chi connectivity index (χ0) is 28.3. The largest absolute Gasteiger partial charge is 1.00 e. The summed E-state index contributed by atoms with van der Waals surface area (Å²) in [5.74, 6) is -0.110. The van der Waals surface area contributed by atoms with Gasteiger partial charge in [-0.05, 0) is 55.5 Å². The number of esters is 1. The van der Waals surface area contributed by atoms with Gasteiger partial charge in [0, 0.05) is 41.5 Å². The van der Waals surface area contributed by atoms with E-state index in [4.69, 9.17) is 4.74 Å². The fourth-order valence-corrected chi connectivity index (χ4v) is 5.09. The van der Waals surface area contributed by atoms with E-state index in [2.05, 4.69) is 32.1 Å². The van der Waals surface area contributed by atoms with Gasteiger partial charge in [-0.3, -0.25) is 14.8 Å². The molecular weight excluding hydrogens is 575 g/mol. The molecule has 40 heavy (non-hydrogen) atoms. The van der Waals surface area contributed by atoms with Crippen LogP contribution in [0.5, 0.6) is 0 Å². The molecule has 5 aromatic rings. The van der Waals surface area contributed by atoms with Gasteiger partial charge in [0.15, 0.2) is 0 Å². The zero-order valence-electron chi connectivity index (χ0n) is 23.3. The minimum atomic E-state index is -0.750. The SMILES string of the molecule is CC(C)(C)[O-].CCOC(=O)CCSc1ncccc1-c1ncccc1F.[K+].c1cnc2c(c1)sc1ncccc12. The Labute approximate surface area is 284 Å².